The van der Waals surface area contributed by atoms with Gasteiger partial charge in [0.15, 0.2) is 0 Å². The van der Waals surface area contributed by atoms with Gasteiger partial charge in [-0.1, -0.05) is 6.92 Å². The van der Waals surface area contributed by atoms with E-state index in [0.29, 0.717) is 6.04 Å². The van der Waals surface area contributed by atoms with Gasteiger partial charge in [-0.25, -0.2) is 4.98 Å². The molecule has 1 aliphatic heterocycles. The third-order valence-electron chi connectivity index (χ3n) is 3.46. The van der Waals surface area contributed by atoms with Crippen LogP contribution in [0.4, 0.5) is 11.5 Å². The summed E-state index contributed by atoms with van der Waals surface area (Å²) in [4.78, 5) is 6.86. The number of anilines is 2. The second-order valence-corrected chi connectivity index (χ2v) is 5.41. The maximum Gasteiger partial charge on any atom is 0.127 e. The van der Waals surface area contributed by atoms with Crippen LogP contribution in [0.15, 0.2) is 18.3 Å². The van der Waals surface area contributed by atoms with Crippen molar-refractivity contribution in [3.8, 4) is 0 Å². The van der Waals surface area contributed by atoms with Crippen molar-refractivity contribution < 1.29 is 0 Å². The van der Waals surface area contributed by atoms with Crippen LogP contribution in [-0.2, 0) is 0 Å². The summed E-state index contributed by atoms with van der Waals surface area (Å²) in [6.07, 6.45) is 5.69. The van der Waals surface area contributed by atoms with Gasteiger partial charge < -0.3 is 15.5 Å². The molecule has 0 aliphatic carbocycles. The molecule has 0 spiro atoms. The minimum absolute atomic E-state index is 0.472. The highest BCUT2D eigenvalue weighted by molar-refractivity contribution is 5.52. The molecule has 2 rings (SSSR count). The lowest BCUT2D eigenvalue weighted by molar-refractivity contribution is 0.328. The van der Waals surface area contributed by atoms with Crippen molar-refractivity contribution >= 4 is 11.5 Å². The third-order valence-corrected chi connectivity index (χ3v) is 3.46. The van der Waals surface area contributed by atoms with E-state index in [1.54, 1.807) is 0 Å². The van der Waals surface area contributed by atoms with Gasteiger partial charge in [0.2, 0.25) is 0 Å². The second-order valence-electron chi connectivity index (χ2n) is 5.41. The zero-order valence-electron chi connectivity index (χ0n) is 12.2. The highest BCUT2D eigenvalue weighted by atomic mass is 15.2. The van der Waals surface area contributed by atoms with Crippen LogP contribution in [-0.4, -0.2) is 42.1 Å². The standard InChI is InChI=1S/C15H26N4/c1-3-7-16-15-11-14(6-8-17-15)18-13(2)12-19-9-4-5-10-19/h6,8,11,13H,3-5,7,9-10,12H2,1-2H3,(H2,16,17,18). The van der Waals surface area contributed by atoms with Crippen molar-refractivity contribution in [2.75, 3.05) is 36.8 Å². The maximum absolute atomic E-state index is 4.33. The fourth-order valence-corrected chi connectivity index (χ4v) is 2.55. The minimum atomic E-state index is 0.472. The van der Waals surface area contributed by atoms with Crippen LogP contribution in [0.25, 0.3) is 0 Å². The zero-order chi connectivity index (χ0) is 13.5. The molecule has 0 amide bonds. The molecular weight excluding hydrogens is 236 g/mol. The molecule has 0 radical (unpaired) electrons. The fraction of sp³-hybridized carbons (Fsp3) is 0.667. The van der Waals surface area contributed by atoms with Gasteiger partial charge >= 0.3 is 0 Å². The van der Waals surface area contributed by atoms with Gasteiger partial charge in [-0.3, -0.25) is 0 Å². The van der Waals surface area contributed by atoms with E-state index >= 15 is 0 Å². The van der Waals surface area contributed by atoms with E-state index in [4.69, 9.17) is 0 Å². The predicted octanol–water partition coefficient (Wildman–Crippen LogP) is 2.80. The van der Waals surface area contributed by atoms with Crippen LogP contribution in [0, 0.1) is 0 Å². The fourth-order valence-electron chi connectivity index (χ4n) is 2.55. The molecule has 1 aliphatic rings. The van der Waals surface area contributed by atoms with Gasteiger partial charge in [-0.15, -0.1) is 0 Å². The Bertz CT molecular complexity index is 374. The lowest BCUT2D eigenvalue weighted by atomic mass is 10.2. The molecule has 1 unspecified atom stereocenters. The first-order valence-electron chi connectivity index (χ1n) is 7.46. The monoisotopic (exact) mass is 262 g/mol. The van der Waals surface area contributed by atoms with Gasteiger partial charge in [0.25, 0.3) is 0 Å². The molecular formula is C15H26N4. The van der Waals surface area contributed by atoms with Crippen molar-refractivity contribution in [2.24, 2.45) is 0 Å². The molecule has 1 fully saturated rings. The second kappa shape index (κ2) is 7.34. The Morgan fingerprint density at radius 2 is 2.16 bits per heavy atom. The summed E-state index contributed by atoms with van der Waals surface area (Å²) in [5.74, 6) is 0.959. The summed E-state index contributed by atoms with van der Waals surface area (Å²) in [5.41, 5.74) is 1.15. The van der Waals surface area contributed by atoms with Gasteiger partial charge in [0, 0.05) is 37.1 Å². The minimum Gasteiger partial charge on any atom is -0.381 e. The SMILES string of the molecule is CCCNc1cc(NC(C)CN2CCCC2)ccn1. The Hall–Kier alpha value is -1.29. The number of likely N-dealkylation sites (tertiary alicyclic amines) is 1. The first-order valence-corrected chi connectivity index (χ1v) is 7.46. The van der Waals surface area contributed by atoms with Crippen molar-refractivity contribution in [1.82, 2.24) is 9.88 Å². The number of hydrogen-bond acceptors (Lipinski definition) is 4. The molecule has 2 N–H and O–H groups in total. The Labute approximate surface area is 116 Å². The van der Waals surface area contributed by atoms with Crippen molar-refractivity contribution in [2.45, 2.75) is 39.2 Å². The van der Waals surface area contributed by atoms with E-state index in [1.807, 2.05) is 12.3 Å². The lowest BCUT2D eigenvalue weighted by Crippen LogP contribution is -2.32. The zero-order valence-corrected chi connectivity index (χ0v) is 12.2. The molecule has 0 aromatic carbocycles. The summed E-state index contributed by atoms with van der Waals surface area (Å²) >= 11 is 0. The Morgan fingerprint density at radius 1 is 1.37 bits per heavy atom. The van der Waals surface area contributed by atoms with Crippen LogP contribution < -0.4 is 10.6 Å². The maximum atomic E-state index is 4.33. The summed E-state index contributed by atoms with van der Waals surface area (Å²) in [6.45, 7) is 9.02. The number of rotatable bonds is 7. The summed E-state index contributed by atoms with van der Waals surface area (Å²) in [7, 11) is 0. The smallest absolute Gasteiger partial charge is 0.127 e. The van der Waals surface area contributed by atoms with Crippen LogP contribution in [0.1, 0.15) is 33.1 Å². The van der Waals surface area contributed by atoms with E-state index in [9.17, 15) is 0 Å². The highest BCUT2D eigenvalue weighted by Crippen LogP contribution is 2.14. The quantitative estimate of drug-likeness (QED) is 0.793. The van der Waals surface area contributed by atoms with Crippen molar-refractivity contribution in [1.29, 1.82) is 0 Å². The number of aromatic nitrogens is 1. The molecule has 4 heteroatoms. The normalized spacial score (nSPS) is 17.4. The molecule has 1 saturated heterocycles. The number of pyridine rings is 1. The summed E-state index contributed by atoms with van der Waals surface area (Å²) in [6, 6.07) is 4.60. The molecule has 2 heterocycles. The van der Waals surface area contributed by atoms with Crippen LogP contribution in [0.2, 0.25) is 0 Å². The first kappa shape index (κ1) is 14.1. The van der Waals surface area contributed by atoms with Crippen LogP contribution in [0.5, 0.6) is 0 Å². The summed E-state index contributed by atoms with van der Waals surface area (Å²) in [5, 5.41) is 6.88. The van der Waals surface area contributed by atoms with Gasteiger partial charge in [0.1, 0.15) is 5.82 Å². The predicted molar refractivity (Wildman–Crippen MR) is 81.8 cm³/mol. The third kappa shape index (κ3) is 4.71. The van der Waals surface area contributed by atoms with E-state index in [2.05, 4.69) is 40.4 Å². The first-order chi connectivity index (χ1) is 9.28. The molecule has 1 atom stereocenters. The molecule has 1 aromatic rings. The topological polar surface area (TPSA) is 40.2 Å². The van der Waals surface area contributed by atoms with Gasteiger partial charge in [-0.2, -0.15) is 0 Å². The molecule has 4 nitrogen and oxygen atoms in total. The molecule has 106 valence electrons. The number of hydrogen-bond donors (Lipinski definition) is 2. The van der Waals surface area contributed by atoms with E-state index in [-0.39, 0.29) is 0 Å². The van der Waals surface area contributed by atoms with Gasteiger partial charge in [0.05, 0.1) is 0 Å². The average molecular weight is 262 g/mol. The average Bonchev–Trinajstić information content (AvgIpc) is 2.89. The Morgan fingerprint density at radius 3 is 2.89 bits per heavy atom. The Kier molecular flexibility index (Phi) is 5.45. The van der Waals surface area contributed by atoms with Gasteiger partial charge in [-0.05, 0) is 45.3 Å². The van der Waals surface area contributed by atoms with Crippen LogP contribution >= 0.6 is 0 Å². The summed E-state index contributed by atoms with van der Waals surface area (Å²) < 4.78 is 0. The van der Waals surface area contributed by atoms with E-state index in [0.717, 1.165) is 31.0 Å². The molecule has 19 heavy (non-hydrogen) atoms. The largest absolute Gasteiger partial charge is 0.381 e. The molecule has 0 saturated carbocycles. The lowest BCUT2D eigenvalue weighted by Gasteiger charge is -2.22. The number of nitrogens with one attached hydrogen (secondary N) is 2. The van der Waals surface area contributed by atoms with E-state index < -0.39 is 0 Å². The van der Waals surface area contributed by atoms with Crippen LogP contribution in [0.3, 0.4) is 0 Å². The van der Waals surface area contributed by atoms with Crippen molar-refractivity contribution in [3.05, 3.63) is 18.3 Å². The Balaban J connectivity index is 1.83. The molecule has 1 aromatic heterocycles. The van der Waals surface area contributed by atoms with Crippen molar-refractivity contribution in [3.63, 3.8) is 0 Å². The highest BCUT2D eigenvalue weighted by Gasteiger charge is 2.14. The van der Waals surface area contributed by atoms with E-state index in [1.165, 1.54) is 25.9 Å². The number of nitrogens with zero attached hydrogens (tertiary/aromatic N) is 2. The molecule has 0 bridgehead atoms.